The largest absolute Gasteiger partial charge is 0.493 e. The third-order valence-corrected chi connectivity index (χ3v) is 4.40. The Kier molecular flexibility index (Phi) is 8.18. The van der Waals surface area contributed by atoms with Crippen molar-refractivity contribution in [1.29, 1.82) is 0 Å². The van der Waals surface area contributed by atoms with Crippen LogP contribution in [0.4, 0.5) is 0 Å². The van der Waals surface area contributed by atoms with Crippen LogP contribution in [0.1, 0.15) is 24.2 Å². The van der Waals surface area contributed by atoms with Gasteiger partial charge < -0.3 is 33.9 Å². The number of benzene rings is 2. The summed E-state index contributed by atoms with van der Waals surface area (Å²) in [6, 6.07) is 8.72. The van der Waals surface area contributed by atoms with E-state index in [2.05, 4.69) is 0 Å². The molecule has 2 aromatic carbocycles. The minimum Gasteiger partial charge on any atom is -0.493 e. The number of rotatable bonds is 10. The fourth-order valence-electron chi connectivity index (χ4n) is 2.86. The molecule has 0 aliphatic carbocycles. The molecular formula is C22H28O7. The molecule has 0 amide bonds. The van der Waals surface area contributed by atoms with E-state index in [1.165, 1.54) is 21.3 Å². The van der Waals surface area contributed by atoms with Gasteiger partial charge in [-0.3, -0.25) is 0 Å². The van der Waals surface area contributed by atoms with Gasteiger partial charge in [0, 0.05) is 0 Å². The molecule has 2 atom stereocenters. The highest BCUT2D eigenvalue weighted by Gasteiger charge is 2.23. The second-order valence-electron chi connectivity index (χ2n) is 6.22. The number of methoxy groups -OCH3 is 4. The molecule has 7 nitrogen and oxygen atoms in total. The van der Waals surface area contributed by atoms with E-state index in [-0.39, 0.29) is 6.61 Å². The van der Waals surface area contributed by atoms with Crippen molar-refractivity contribution >= 4 is 6.08 Å². The fourth-order valence-corrected chi connectivity index (χ4v) is 2.86. The van der Waals surface area contributed by atoms with Crippen LogP contribution in [0.5, 0.6) is 28.7 Å². The van der Waals surface area contributed by atoms with Gasteiger partial charge in [0.1, 0.15) is 12.2 Å². The quantitative estimate of drug-likeness (QED) is 0.629. The van der Waals surface area contributed by atoms with Crippen LogP contribution in [0.3, 0.4) is 0 Å². The molecule has 7 heteroatoms. The zero-order valence-electron chi connectivity index (χ0n) is 17.3. The number of hydrogen-bond donors (Lipinski definition) is 2. The average molecular weight is 404 g/mol. The summed E-state index contributed by atoms with van der Waals surface area (Å²) in [6.07, 6.45) is 1.81. The van der Waals surface area contributed by atoms with Crippen molar-refractivity contribution in [3.05, 3.63) is 47.5 Å². The van der Waals surface area contributed by atoms with Crippen molar-refractivity contribution in [2.45, 2.75) is 19.1 Å². The first kappa shape index (κ1) is 22.4. The van der Waals surface area contributed by atoms with Crippen molar-refractivity contribution in [3.8, 4) is 28.7 Å². The van der Waals surface area contributed by atoms with E-state index in [0.29, 0.717) is 34.3 Å². The molecule has 0 saturated heterocycles. The van der Waals surface area contributed by atoms with E-state index < -0.39 is 12.2 Å². The Morgan fingerprint density at radius 2 is 1.45 bits per heavy atom. The zero-order valence-corrected chi connectivity index (χ0v) is 17.3. The highest BCUT2D eigenvalue weighted by atomic mass is 16.5. The maximum absolute atomic E-state index is 10.8. The molecule has 0 spiro atoms. The molecular weight excluding hydrogens is 376 g/mol. The van der Waals surface area contributed by atoms with Crippen LogP contribution >= 0.6 is 0 Å². The maximum atomic E-state index is 10.8. The maximum Gasteiger partial charge on any atom is 0.203 e. The number of hydrogen-bond acceptors (Lipinski definition) is 7. The van der Waals surface area contributed by atoms with Crippen molar-refractivity contribution in [1.82, 2.24) is 0 Å². The summed E-state index contributed by atoms with van der Waals surface area (Å²) in [4.78, 5) is 0. The summed E-state index contributed by atoms with van der Waals surface area (Å²) in [5, 5.41) is 19.8. The molecule has 0 bridgehead atoms. The number of ether oxygens (including phenoxy) is 5. The van der Waals surface area contributed by atoms with Crippen LogP contribution in [0.25, 0.3) is 6.08 Å². The molecule has 0 radical (unpaired) electrons. The predicted octanol–water partition coefficient (Wildman–Crippen LogP) is 3.23. The minimum absolute atomic E-state index is 0.0720. The normalized spacial score (nSPS) is 13.1. The lowest BCUT2D eigenvalue weighted by molar-refractivity contribution is 0.0433. The standard InChI is InChI=1S/C22H28O7/c1-14(21(24)16-8-9-17(25-2)18(13-16)26-3)29-22-19(27-4)11-15(7-6-10-23)12-20(22)28-5/h6-9,11-14,21,23-24H,10H2,1-5H3/t14-,21-/m0/s1. The Morgan fingerprint density at radius 3 is 1.97 bits per heavy atom. The Morgan fingerprint density at radius 1 is 0.862 bits per heavy atom. The smallest absolute Gasteiger partial charge is 0.203 e. The molecule has 0 saturated carbocycles. The van der Waals surface area contributed by atoms with Crippen molar-refractivity contribution in [2.75, 3.05) is 35.0 Å². The molecule has 2 N–H and O–H groups in total. The van der Waals surface area contributed by atoms with Gasteiger partial charge in [-0.25, -0.2) is 0 Å². The average Bonchev–Trinajstić information content (AvgIpc) is 2.76. The zero-order chi connectivity index (χ0) is 21.4. The van der Waals surface area contributed by atoms with Crippen molar-refractivity contribution in [3.63, 3.8) is 0 Å². The lowest BCUT2D eigenvalue weighted by atomic mass is 10.0. The highest BCUT2D eigenvalue weighted by molar-refractivity contribution is 5.62. The van der Waals surface area contributed by atoms with Crippen LogP contribution in [0.2, 0.25) is 0 Å². The first-order valence-electron chi connectivity index (χ1n) is 9.09. The van der Waals surface area contributed by atoms with E-state index in [1.54, 1.807) is 56.5 Å². The van der Waals surface area contributed by atoms with Gasteiger partial charge in [0.15, 0.2) is 23.0 Å². The van der Waals surface area contributed by atoms with Gasteiger partial charge >= 0.3 is 0 Å². The van der Waals surface area contributed by atoms with E-state index in [0.717, 1.165) is 5.56 Å². The van der Waals surface area contributed by atoms with Crippen LogP contribution in [-0.4, -0.2) is 51.4 Å². The molecule has 0 heterocycles. The predicted molar refractivity (Wildman–Crippen MR) is 110 cm³/mol. The summed E-state index contributed by atoms with van der Waals surface area (Å²) in [7, 11) is 6.14. The lowest BCUT2D eigenvalue weighted by Gasteiger charge is -2.24. The molecule has 2 aromatic rings. The summed E-state index contributed by atoms with van der Waals surface area (Å²) < 4.78 is 27.4. The molecule has 0 fully saturated rings. The number of aliphatic hydroxyl groups is 2. The van der Waals surface area contributed by atoms with Crippen molar-refractivity contribution in [2.24, 2.45) is 0 Å². The van der Waals surface area contributed by atoms with Crippen LogP contribution in [0, 0.1) is 0 Å². The third-order valence-electron chi connectivity index (χ3n) is 4.40. The molecule has 0 aromatic heterocycles. The Bertz CT molecular complexity index is 807. The SMILES string of the molecule is COc1ccc([C@@H](O)[C@H](C)Oc2c(OC)cc(C=CCO)cc2OC)cc1OC. The van der Waals surface area contributed by atoms with Gasteiger partial charge in [-0.1, -0.05) is 18.2 Å². The van der Waals surface area contributed by atoms with Gasteiger partial charge in [0.2, 0.25) is 5.75 Å². The monoisotopic (exact) mass is 404 g/mol. The fraction of sp³-hybridized carbons (Fsp3) is 0.364. The summed E-state index contributed by atoms with van der Waals surface area (Å²) in [6.45, 7) is 1.68. The van der Waals surface area contributed by atoms with Gasteiger partial charge in [0.05, 0.1) is 35.0 Å². The lowest BCUT2D eigenvalue weighted by Crippen LogP contribution is -2.22. The van der Waals surface area contributed by atoms with Crippen molar-refractivity contribution < 1.29 is 33.9 Å². The van der Waals surface area contributed by atoms with Crippen LogP contribution in [-0.2, 0) is 0 Å². The Balaban J connectivity index is 2.31. The van der Waals surface area contributed by atoms with Crippen LogP contribution in [0.15, 0.2) is 36.4 Å². The molecule has 2 rings (SSSR count). The number of aliphatic hydroxyl groups excluding tert-OH is 2. The molecule has 0 aliphatic rings. The van der Waals surface area contributed by atoms with Gasteiger partial charge in [-0.15, -0.1) is 0 Å². The second kappa shape index (κ2) is 10.6. The van der Waals surface area contributed by atoms with E-state index >= 15 is 0 Å². The second-order valence-corrected chi connectivity index (χ2v) is 6.22. The van der Waals surface area contributed by atoms with E-state index in [9.17, 15) is 5.11 Å². The summed E-state index contributed by atoms with van der Waals surface area (Å²) in [5.74, 6) is 2.38. The molecule has 0 unspecified atom stereocenters. The first-order valence-corrected chi connectivity index (χ1v) is 9.09. The van der Waals surface area contributed by atoms with E-state index in [4.69, 9.17) is 28.8 Å². The van der Waals surface area contributed by atoms with Gasteiger partial charge in [-0.05, 0) is 42.3 Å². The van der Waals surface area contributed by atoms with Gasteiger partial charge in [-0.2, -0.15) is 0 Å². The molecule has 0 aliphatic heterocycles. The topological polar surface area (TPSA) is 86.6 Å². The first-order chi connectivity index (χ1) is 14.0. The minimum atomic E-state index is -0.932. The highest BCUT2D eigenvalue weighted by Crippen LogP contribution is 2.41. The van der Waals surface area contributed by atoms with E-state index in [1.807, 2.05) is 0 Å². The molecule has 158 valence electrons. The summed E-state index contributed by atoms with van der Waals surface area (Å²) in [5.41, 5.74) is 1.41. The van der Waals surface area contributed by atoms with Crippen LogP contribution < -0.4 is 23.7 Å². The third kappa shape index (κ3) is 5.34. The Labute approximate surface area is 171 Å². The van der Waals surface area contributed by atoms with Gasteiger partial charge in [0.25, 0.3) is 0 Å². The molecule has 29 heavy (non-hydrogen) atoms. The summed E-state index contributed by atoms with van der Waals surface area (Å²) >= 11 is 0. The Hall–Kier alpha value is -2.90.